The Labute approximate surface area is 320 Å². The Morgan fingerprint density at radius 3 is 1.69 bits per heavy atom. The van der Waals surface area contributed by atoms with Crippen LogP contribution in [0.5, 0.6) is 0 Å². The van der Waals surface area contributed by atoms with Crippen molar-refractivity contribution in [2.75, 3.05) is 4.90 Å². The Morgan fingerprint density at radius 2 is 0.944 bits per heavy atom. The molecule has 0 atom stereocenters. The SMILES string of the molecule is CC1(C)c2ccccc2C2(c3ccccc3-c3c(-c4ccc(N(c5ccccc5)c5cccc6c5sc5ccccc56)cc4)cccc32)c2ccccc21. The van der Waals surface area contributed by atoms with E-state index in [4.69, 9.17) is 0 Å². The second-order valence-corrected chi connectivity index (χ2v) is 16.3. The molecule has 1 heterocycles. The average molecular weight is 708 g/mol. The summed E-state index contributed by atoms with van der Waals surface area (Å²) < 4.78 is 2.61. The molecule has 0 aliphatic heterocycles. The first-order chi connectivity index (χ1) is 26.6. The molecule has 2 heteroatoms. The van der Waals surface area contributed by atoms with Crippen LogP contribution in [0, 0.1) is 0 Å². The quantitative estimate of drug-likeness (QED) is 0.176. The first kappa shape index (κ1) is 31.3. The Bertz CT molecular complexity index is 2860. The van der Waals surface area contributed by atoms with Gasteiger partial charge in [-0.2, -0.15) is 0 Å². The molecule has 9 aromatic rings. The third kappa shape index (κ3) is 4.20. The minimum Gasteiger partial charge on any atom is -0.309 e. The van der Waals surface area contributed by atoms with Gasteiger partial charge in [-0.05, 0) is 92.0 Å². The van der Waals surface area contributed by atoms with Crippen molar-refractivity contribution in [3.63, 3.8) is 0 Å². The van der Waals surface area contributed by atoms with Crippen LogP contribution in [-0.2, 0) is 10.8 Å². The van der Waals surface area contributed by atoms with Gasteiger partial charge in [0.05, 0.1) is 15.8 Å². The van der Waals surface area contributed by atoms with Crippen LogP contribution < -0.4 is 4.90 Å². The highest BCUT2D eigenvalue weighted by Crippen LogP contribution is 2.63. The van der Waals surface area contributed by atoms with Crippen molar-refractivity contribution in [3.05, 3.63) is 221 Å². The number of hydrogen-bond donors (Lipinski definition) is 0. The topological polar surface area (TPSA) is 3.24 Å². The molecule has 0 radical (unpaired) electrons. The number of thiophene rings is 1. The Morgan fingerprint density at radius 1 is 0.407 bits per heavy atom. The van der Waals surface area contributed by atoms with Gasteiger partial charge in [-0.3, -0.25) is 0 Å². The maximum atomic E-state index is 2.42. The van der Waals surface area contributed by atoms with Gasteiger partial charge in [0, 0.05) is 32.3 Å². The number of fused-ring (bicyclic) bond motifs is 12. The first-order valence-corrected chi connectivity index (χ1v) is 19.7. The largest absolute Gasteiger partial charge is 0.309 e. The molecule has 0 saturated heterocycles. The van der Waals surface area contributed by atoms with E-state index < -0.39 is 5.41 Å². The second kappa shape index (κ2) is 11.6. The molecule has 1 aromatic heterocycles. The van der Waals surface area contributed by atoms with Crippen molar-refractivity contribution in [1.82, 2.24) is 0 Å². The maximum absolute atomic E-state index is 2.42. The van der Waals surface area contributed by atoms with E-state index in [0.717, 1.165) is 11.4 Å². The summed E-state index contributed by atoms with van der Waals surface area (Å²) >= 11 is 1.87. The van der Waals surface area contributed by atoms with Crippen LogP contribution in [0.4, 0.5) is 17.1 Å². The molecule has 1 nitrogen and oxygen atoms in total. The summed E-state index contributed by atoms with van der Waals surface area (Å²) in [6.07, 6.45) is 0. The Kier molecular flexibility index (Phi) is 6.75. The lowest BCUT2D eigenvalue weighted by Crippen LogP contribution is -2.40. The minimum atomic E-state index is -0.405. The average Bonchev–Trinajstić information content (AvgIpc) is 3.76. The second-order valence-electron chi connectivity index (χ2n) is 15.2. The van der Waals surface area contributed by atoms with E-state index in [2.05, 4.69) is 207 Å². The predicted octanol–water partition coefficient (Wildman–Crippen LogP) is 14.2. The van der Waals surface area contributed by atoms with E-state index in [-0.39, 0.29) is 5.41 Å². The summed E-state index contributed by atoms with van der Waals surface area (Å²) in [4.78, 5) is 2.42. The summed E-state index contributed by atoms with van der Waals surface area (Å²) in [7, 11) is 0. The third-order valence-electron chi connectivity index (χ3n) is 12.2. The van der Waals surface area contributed by atoms with E-state index in [1.807, 2.05) is 11.3 Å². The molecule has 0 saturated carbocycles. The van der Waals surface area contributed by atoms with Gasteiger partial charge >= 0.3 is 0 Å². The molecule has 8 aromatic carbocycles. The van der Waals surface area contributed by atoms with Crippen LogP contribution >= 0.6 is 11.3 Å². The van der Waals surface area contributed by atoms with Crippen molar-refractivity contribution >= 4 is 48.6 Å². The standard InChI is InChI=1S/C52H37NS/c1-51(2)42-23-9-11-25-44(42)52(45-26-12-10-24-43(45)51)41-22-8-6-19-40(41)49-37(20-14-27-46(49)52)34-30-32-36(33-31-34)53(35-16-4-3-5-17-35)47-28-15-21-39-38-18-7-13-29-48(38)54-50(39)47/h3-33H,1-2H3. The molecule has 0 fully saturated rings. The van der Waals surface area contributed by atoms with Crippen LogP contribution in [0.25, 0.3) is 42.4 Å². The smallest absolute Gasteiger partial charge is 0.0719 e. The van der Waals surface area contributed by atoms with Crippen molar-refractivity contribution in [2.45, 2.75) is 24.7 Å². The molecule has 0 unspecified atom stereocenters. The fourth-order valence-corrected chi connectivity index (χ4v) is 11.1. The molecule has 1 spiro atoms. The molecule has 256 valence electrons. The van der Waals surface area contributed by atoms with Crippen molar-refractivity contribution in [1.29, 1.82) is 0 Å². The summed E-state index contributed by atoms with van der Waals surface area (Å²) in [5, 5.41) is 2.61. The van der Waals surface area contributed by atoms with Gasteiger partial charge in [0.15, 0.2) is 0 Å². The molecular formula is C52H37NS. The number of benzene rings is 8. The molecule has 0 N–H and O–H groups in total. The number of hydrogen-bond acceptors (Lipinski definition) is 2. The zero-order valence-corrected chi connectivity index (χ0v) is 31.1. The minimum absolute atomic E-state index is 0.117. The molecule has 54 heavy (non-hydrogen) atoms. The van der Waals surface area contributed by atoms with E-state index >= 15 is 0 Å². The summed E-state index contributed by atoms with van der Waals surface area (Å²) in [5.41, 5.74) is 16.4. The number of rotatable bonds is 4. The van der Waals surface area contributed by atoms with Gasteiger partial charge in [-0.1, -0.05) is 166 Å². The Hall–Kier alpha value is -6.22. The molecule has 2 aliphatic rings. The zero-order valence-electron chi connectivity index (χ0n) is 30.3. The van der Waals surface area contributed by atoms with E-state index in [9.17, 15) is 0 Å². The predicted molar refractivity (Wildman–Crippen MR) is 229 cm³/mol. The molecule has 2 aliphatic carbocycles. The van der Waals surface area contributed by atoms with Crippen LogP contribution in [-0.4, -0.2) is 0 Å². The summed E-state index contributed by atoms with van der Waals surface area (Å²) in [6.45, 7) is 4.77. The number of anilines is 3. The molecule has 0 bridgehead atoms. The fraction of sp³-hybridized carbons (Fsp3) is 0.0769. The van der Waals surface area contributed by atoms with Gasteiger partial charge in [-0.25, -0.2) is 0 Å². The number of para-hydroxylation sites is 1. The van der Waals surface area contributed by atoms with Crippen molar-refractivity contribution in [2.24, 2.45) is 0 Å². The lowest BCUT2D eigenvalue weighted by atomic mass is 9.55. The first-order valence-electron chi connectivity index (χ1n) is 18.9. The number of nitrogens with zero attached hydrogens (tertiary/aromatic N) is 1. The maximum Gasteiger partial charge on any atom is 0.0719 e. The highest BCUT2D eigenvalue weighted by molar-refractivity contribution is 7.26. The lowest BCUT2D eigenvalue weighted by molar-refractivity contribution is 0.563. The van der Waals surface area contributed by atoms with Gasteiger partial charge in [0.25, 0.3) is 0 Å². The molecule has 11 rings (SSSR count). The highest BCUT2D eigenvalue weighted by atomic mass is 32.1. The van der Waals surface area contributed by atoms with Gasteiger partial charge in [0.1, 0.15) is 0 Å². The third-order valence-corrected chi connectivity index (χ3v) is 13.4. The van der Waals surface area contributed by atoms with Gasteiger partial charge in [-0.15, -0.1) is 11.3 Å². The summed E-state index contributed by atoms with van der Waals surface area (Å²) in [5.74, 6) is 0. The normalized spacial score (nSPS) is 14.4. The summed E-state index contributed by atoms with van der Waals surface area (Å²) in [6, 6.07) is 70.0. The van der Waals surface area contributed by atoms with Gasteiger partial charge < -0.3 is 4.90 Å². The van der Waals surface area contributed by atoms with Gasteiger partial charge in [0.2, 0.25) is 0 Å². The molecule has 0 amide bonds. The van der Waals surface area contributed by atoms with Crippen molar-refractivity contribution < 1.29 is 0 Å². The van der Waals surface area contributed by atoms with Crippen LogP contribution in [0.3, 0.4) is 0 Å². The van der Waals surface area contributed by atoms with Crippen molar-refractivity contribution in [3.8, 4) is 22.3 Å². The van der Waals surface area contributed by atoms with E-state index in [0.29, 0.717) is 0 Å². The van der Waals surface area contributed by atoms with Crippen LogP contribution in [0.2, 0.25) is 0 Å². The van der Waals surface area contributed by atoms with Crippen LogP contribution in [0.15, 0.2) is 188 Å². The van der Waals surface area contributed by atoms with E-state index in [1.54, 1.807) is 0 Å². The monoisotopic (exact) mass is 707 g/mol. The Balaban J connectivity index is 1.11. The molecular weight excluding hydrogens is 671 g/mol. The fourth-order valence-electron chi connectivity index (χ4n) is 9.85. The van der Waals surface area contributed by atoms with Crippen LogP contribution in [0.1, 0.15) is 47.2 Å². The highest BCUT2D eigenvalue weighted by Gasteiger charge is 2.53. The zero-order chi connectivity index (χ0) is 36.0. The lowest BCUT2D eigenvalue weighted by Gasteiger charge is -2.46. The van der Waals surface area contributed by atoms with E-state index in [1.165, 1.54) is 81.5 Å².